The molecule has 0 amide bonds. The van der Waals surface area contributed by atoms with E-state index in [1.165, 1.54) is 0 Å². The fourth-order valence-electron chi connectivity index (χ4n) is 3.87. The van der Waals surface area contributed by atoms with Crippen LogP contribution < -0.4 is 20.9 Å². The van der Waals surface area contributed by atoms with Crippen molar-refractivity contribution < 1.29 is 23.9 Å². The number of ether oxygens (including phenoxy) is 2. The second-order valence-corrected chi connectivity index (χ2v) is 8.09. The smallest absolute Gasteiger partial charge is 0.440 e. The van der Waals surface area contributed by atoms with Crippen molar-refractivity contribution >= 4 is 5.97 Å². The Hall–Kier alpha value is -4.53. The number of nitrogens with one attached hydrogen (secondary N) is 1. The number of nitrogens with zero attached hydrogens (tertiary/aromatic N) is 1. The van der Waals surface area contributed by atoms with Gasteiger partial charge in [-0.05, 0) is 77.6 Å². The largest absolute Gasteiger partial charge is 0.489 e. The minimum absolute atomic E-state index is 0.138. The summed E-state index contributed by atoms with van der Waals surface area (Å²) in [4.78, 5) is 35.5. The Kier molecular flexibility index (Phi) is 6.86. The number of aromatic nitrogens is 2. The number of benzene rings is 3. The summed E-state index contributed by atoms with van der Waals surface area (Å²) in [6, 6.07) is 18.9. The molecule has 35 heavy (non-hydrogen) atoms. The molecule has 0 radical (unpaired) electrons. The molecule has 0 bridgehead atoms. The van der Waals surface area contributed by atoms with Gasteiger partial charge in [-0.15, -0.1) is 4.74 Å². The molecule has 0 atom stereocenters. The second-order valence-electron chi connectivity index (χ2n) is 8.09. The Labute approximate surface area is 200 Å². The zero-order valence-corrected chi connectivity index (χ0v) is 19.2. The Bertz CT molecular complexity index is 1440. The summed E-state index contributed by atoms with van der Waals surface area (Å²) < 4.78 is 17.0. The van der Waals surface area contributed by atoms with Gasteiger partial charge in [0.1, 0.15) is 18.1 Å². The molecule has 9 nitrogen and oxygen atoms in total. The zero-order valence-electron chi connectivity index (χ0n) is 19.2. The first-order valence-electron chi connectivity index (χ1n) is 10.9. The molecule has 1 aromatic heterocycles. The maximum atomic E-state index is 11.6. The van der Waals surface area contributed by atoms with Gasteiger partial charge in [0.05, 0.1) is 6.54 Å². The summed E-state index contributed by atoms with van der Waals surface area (Å²) in [5.41, 5.74) is 5.23. The molecule has 0 aliphatic heterocycles. The third-order valence-corrected chi connectivity index (χ3v) is 5.37. The highest BCUT2D eigenvalue weighted by molar-refractivity contribution is 5.73. The van der Waals surface area contributed by atoms with Crippen LogP contribution >= 0.6 is 0 Å². The van der Waals surface area contributed by atoms with Crippen molar-refractivity contribution in [3.05, 3.63) is 104 Å². The van der Waals surface area contributed by atoms with E-state index in [4.69, 9.17) is 19.1 Å². The van der Waals surface area contributed by atoms with Crippen molar-refractivity contribution in [2.75, 3.05) is 6.61 Å². The molecule has 4 rings (SSSR count). The molecule has 3 aromatic carbocycles. The Morgan fingerprint density at radius 2 is 1.66 bits per heavy atom. The van der Waals surface area contributed by atoms with Gasteiger partial charge in [-0.2, -0.15) is 0 Å². The minimum Gasteiger partial charge on any atom is -0.489 e. The number of aryl methyl sites for hydroxylation is 2. The molecule has 0 fully saturated rings. The van der Waals surface area contributed by atoms with Crippen molar-refractivity contribution in [2.24, 2.45) is 0 Å². The standard InChI is InChI=1S/C26H24N2O7/c1-16-10-22(34-15-23(29)30)11-17(2)24(16)20-5-3-4-19(12-20)14-33-21-8-6-18(7-9-21)13-28-25(31)27-26(32)35-28/h3-12H,13-15H2,1-2H3,(H,29,30)(H,27,31,32). The third-order valence-electron chi connectivity index (χ3n) is 5.37. The van der Waals surface area contributed by atoms with Crippen LogP contribution in [0.1, 0.15) is 22.3 Å². The van der Waals surface area contributed by atoms with Gasteiger partial charge >= 0.3 is 17.4 Å². The molecule has 0 unspecified atom stereocenters. The summed E-state index contributed by atoms with van der Waals surface area (Å²) >= 11 is 0. The lowest BCUT2D eigenvalue weighted by atomic mass is 9.94. The Morgan fingerprint density at radius 3 is 2.29 bits per heavy atom. The van der Waals surface area contributed by atoms with Gasteiger partial charge < -0.3 is 19.1 Å². The number of aliphatic carboxylic acids is 1. The van der Waals surface area contributed by atoms with Gasteiger partial charge in [-0.1, -0.05) is 30.3 Å². The van der Waals surface area contributed by atoms with E-state index in [1.807, 2.05) is 49.2 Å². The highest BCUT2D eigenvalue weighted by Gasteiger charge is 2.11. The summed E-state index contributed by atoms with van der Waals surface area (Å²) in [5.74, 6) is -0.617. The number of aromatic amines is 1. The molecule has 0 spiro atoms. The van der Waals surface area contributed by atoms with Crippen molar-refractivity contribution in [2.45, 2.75) is 27.0 Å². The normalized spacial score (nSPS) is 10.8. The van der Waals surface area contributed by atoms with Crippen LogP contribution in [0.4, 0.5) is 0 Å². The van der Waals surface area contributed by atoms with E-state index in [0.717, 1.165) is 38.1 Å². The van der Waals surface area contributed by atoms with E-state index >= 15 is 0 Å². The second kappa shape index (κ2) is 10.2. The van der Waals surface area contributed by atoms with Gasteiger partial charge in [-0.3, -0.25) is 0 Å². The number of H-pyrrole nitrogens is 1. The zero-order chi connectivity index (χ0) is 24.9. The van der Waals surface area contributed by atoms with E-state index in [-0.39, 0.29) is 13.2 Å². The number of rotatable bonds is 9. The molecule has 2 N–H and O–H groups in total. The fraction of sp³-hybridized carbons (Fsp3) is 0.192. The van der Waals surface area contributed by atoms with Gasteiger partial charge in [0, 0.05) is 0 Å². The lowest BCUT2D eigenvalue weighted by molar-refractivity contribution is -0.139. The molecular formula is C26H24N2O7. The number of carbonyl (C=O) groups is 1. The summed E-state index contributed by atoms with van der Waals surface area (Å²) in [6.45, 7) is 4.05. The van der Waals surface area contributed by atoms with Crippen molar-refractivity contribution in [1.82, 2.24) is 9.72 Å². The van der Waals surface area contributed by atoms with Crippen LogP contribution in [0.25, 0.3) is 11.1 Å². The number of carboxylic acids is 1. The fourth-order valence-corrected chi connectivity index (χ4v) is 3.87. The molecular weight excluding hydrogens is 452 g/mol. The molecule has 0 aliphatic carbocycles. The first-order valence-corrected chi connectivity index (χ1v) is 10.9. The van der Waals surface area contributed by atoms with Crippen LogP contribution in [-0.4, -0.2) is 27.4 Å². The van der Waals surface area contributed by atoms with E-state index in [2.05, 4.69) is 6.07 Å². The topological polar surface area (TPSA) is 124 Å². The van der Waals surface area contributed by atoms with Gasteiger partial charge in [-0.25, -0.2) is 19.4 Å². The van der Waals surface area contributed by atoms with E-state index in [1.54, 1.807) is 24.3 Å². The predicted octanol–water partition coefficient (Wildman–Crippen LogP) is 3.50. The number of hydrogen-bond donors (Lipinski definition) is 2. The SMILES string of the molecule is Cc1cc(OCC(=O)O)cc(C)c1-c1cccc(COc2ccc(Cn3oc(=O)[nH]c3=O)cc2)c1. The van der Waals surface area contributed by atoms with Crippen LogP contribution in [0.5, 0.6) is 11.5 Å². The summed E-state index contributed by atoms with van der Waals surface area (Å²) in [7, 11) is 0. The minimum atomic E-state index is -1.02. The average Bonchev–Trinajstić information content (AvgIpc) is 3.13. The summed E-state index contributed by atoms with van der Waals surface area (Å²) in [6.07, 6.45) is 0. The van der Waals surface area contributed by atoms with Crippen molar-refractivity contribution in [1.29, 1.82) is 0 Å². The average molecular weight is 476 g/mol. The molecule has 0 aliphatic rings. The quantitative estimate of drug-likeness (QED) is 0.379. The molecule has 9 heteroatoms. The highest BCUT2D eigenvalue weighted by atomic mass is 16.5. The van der Waals surface area contributed by atoms with Gasteiger partial charge in [0.15, 0.2) is 6.61 Å². The number of hydrogen-bond acceptors (Lipinski definition) is 6. The lowest BCUT2D eigenvalue weighted by Crippen LogP contribution is -2.17. The highest BCUT2D eigenvalue weighted by Crippen LogP contribution is 2.31. The van der Waals surface area contributed by atoms with Crippen LogP contribution in [0.15, 0.2) is 74.8 Å². The number of carboxylic acid groups (broad SMARTS) is 1. The molecule has 1 heterocycles. The van der Waals surface area contributed by atoms with Crippen molar-refractivity contribution in [3.63, 3.8) is 0 Å². The first kappa shape index (κ1) is 23.6. The van der Waals surface area contributed by atoms with E-state index in [0.29, 0.717) is 18.1 Å². The molecule has 0 saturated carbocycles. The monoisotopic (exact) mass is 476 g/mol. The van der Waals surface area contributed by atoms with Gasteiger partial charge in [0.25, 0.3) is 0 Å². The maximum absolute atomic E-state index is 11.6. The molecule has 180 valence electrons. The predicted molar refractivity (Wildman–Crippen MR) is 128 cm³/mol. The van der Waals surface area contributed by atoms with E-state index < -0.39 is 17.4 Å². The lowest BCUT2D eigenvalue weighted by Gasteiger charge is -2.14. The Morgan fingerprint density at radius 1 is 0.943 bits per heavy atom. The molecule has 4 aromatic rings. The van der Waals surface area contributed by atoms with E-state index in [9.17, 15) is 14.4 Å². The van der Waals surface area contributed by atoms with Crippen molar-refractivity contribution in [3.8, 4) is 22.6 Å². The summed E-state index contributed by atoms with van der Waals surface area (Å²) in [5, 5.41) is 8.83. The Balaban J connectivity index is 1.43. The van der Waals surface area contributed by atoms with Gasteiger partial charge in [0.2, 0.25) is 0 Å². The van der Waals surface area contributed by atoms with Crippen LogP contribution in [-0.2, 0) is 17.9 Å². The van der Waals surface area contributed by atoms with Crippen LogP contribution in [0.3, 0.4) is 0 Å². The van der Waals surface area contributed by atoms with Crippen LogP contribution in [0.2, 0.25) is 0 Å². The first-order chi connectivity index (χ1) is 16.8. The third kappa shape index (κ3) is 5.89. The molecule has 0 saturated heterocycles. The van der Waals surface area contributed by atoms with Crippen LogP contribution in [0, 0.1) is 13.8 Å². The maximum Gasteiger partial charge on any atom is 0.440 e.